The normalized spacial score (nSPS) is 25.4. The summed E-state index contributed by atoms with van der Waals surface area (Å²) in [6.45, 7) is 6.70. The van der Waals surface area contributed by atoms with Gasteiger partial charge in [-0.2, -0.15) is 5.26 Å². The zero-order chi connectivity index (χ0) is 16.8. The molecule has 3 nitrogen and oxygen atoms in total. The van der Waals surface area contributed by atoms with E-state index in [0.717, 1.165) is 38.0 Å². The fraction of sp³-hybridized carbons (Fsp3) is 0.571. The first-order chi connectivity index (χ1) is 11.8. The Kier molecular flexibility index (Phi) is 6.07. The molecule has 0 aromatic heterocycles. The highest BCUT2D eigenvalue weighted by Gasteiger charge is 2.38. The molecule has 1 saturated heterocycles. The molecule has 0 amide bonds. The molecule has 128 valence electrons. The van der Waals surface area contributed by atoms with Crippen LogP contribution in [-0.2, 0) is 0 Å². The van der Waals surface area contributed by atoms with Crippen LogP contribution in [0, 0.1) is 23.2 Å². The molecular formula is C21H29N3. The monoisotopic (exact) mass is 323 g/mol. The van der Waals surface area contributed by atoms with Gasteiger partial charge in [0.1, 0.15) is 0 Å². The number of likely N-dealkylation sites (tertiary alicyclic amines) is 1. The van der Waals surface area contributed by atoms with Crippen molar-refractivity contribution < 1.29 is 0 Å². The first-order valence-electron chi connectivity index (χ1n) is 9.32. The van der Waals surface area contributed by atoms with Gasteiger partial charge in [-0.1, -0.05) is 42.0 Å². The minimum absolute atomic E-state index is 0.666. The van der Waals surface area contributed by atoms with Gasteiger partial charge in [-0.05, 0) is 63.2 Å². The molecule has 1 aromatic rings. The lowest BCUT2D eigenvalue weighted by atomic mass is 9.96. The second-order valence-corrected chi connectivity index (χ2v) is 7.35. The van der Waals surface area contributed by atoms with Gasteiger partial charge in [-0.15, -0.1) is 0 Å². The van der Waals surface area contributed by atoms with Crippen molar-refractivity contribution in [3.63, 3.8) is 0 Å². The van der Waals surface area contributed by atoms with Gasteiger partial charge in [0.15, 0.2) is 0 Å². The molecule has 3 heteroatoms. The molecule has 24 heavy (non-hydrogen) atoms. The molecule has 3 rings (SSSR count). The Morgan fingerprint density at radius 3 is 2.75 bits per heavy atom. The Morgan fingerprint density at radius 1 is 1.29 bits per heavy atom. The van der Waals surface area contributed by atoms with Gasteiger partial charge in [0, 0.05) is 19.0 Å². The molecular weight excluding hydrogens is 294 g/mol. The Balaban J connectivity index is 1.36. The van der Waals surface area contributed by atoms with Crippen LogP contribution in [0.4, 0.5) is 0 Å². The highest BCUT2D eigenvalue weighted by atomic mass is 15.1. The maximum atomic E-state index is 8.67. The molecule has 1 saturated carbocycles. The van der Waals surface area contributed by atoms with Crippen LogP contribution in [0.25, 0.3) is 6.08 Å². The van der Waals surface area contributed by atoms with Gasteiger partial charge in [0.2, 0.25) is 0 Å². The first-order valence-corrected chi connectivity index (χ1v) is 9.32. The van der Waals surface area contributed by atoms with Crippen LogP contribution in [0.5, 0.6) is 0 Å². The Hall–Kier alpha value is -1.63. The van der Waals surface area contributed by atoms with Crippen molar-refractivity contribution in [1.29, 1.82) is 5.26 Å². The van der Waals surface area contributed by atoms with Crippen molar-refractivity contribution in [2.75, 3.05) is 26.2 Å². The van der Waals surface area contributed by atoms with E-state index in [9.17, 15) is 0 Å². The summed E-state index contributed by atoms with van der Waals surface area (Å²) < 4.78 is 0. The van der Waals surface area contributed by atoms with Crippen LogP contribution >= 0.6 is 0 Å². The lowest BCUT2D eigenvalue weighted by molar-refractivity contribution is 0.185. The molecule has 2 aliphatic rings. The van der Waals surface area contributed by atoms with Crippen molar-refractivity contribution >= 4 is 6.08 Å². The van der Waals surface area contributed by atoms with E-state index in [1.54, 1.807) is 0 Å². The summed E-state index contributed by atoms with van der Waals surface area (Å²) in [6.07, 6.45) is 6.83. The molecule has 0 bridgehead atoms. The molecule has 1 aromatic carbocycles. The standard InChI is InChI=1S/C21H29N3/c1-17(14-18-6-3-2-4-7-18)20-15-21(20)23-16-19-8-12-24(13-9-19)11-5-10-22/h2-4,6-7,14,19-21,23H,5,8-9,11-13,15-16H2,1H3/t20?,21-/m0/s1. The average molecular weight is 323 g/mol. The van der Waals surface area contributed by atoms with Crippen LogP contribution in [0.15, 0.2) is 35.9 Å². The van der Waals surface area contributed by atoms with E-state index in [1.165, 1.54) is 30.4 Å². The van der Waals surface area contributed by atoms with Gasteiger partial charge in [-0.3, -0.25) is 0 Å². The SMILES string of the molecule is CC(=Cc1ccccc1)C1C[C@@H]1NCC1CCN(CCC#N)CC1. The number of piperidine rings is 1. The van der Waals surface area contributed by atoms with Crippen molar-refractivity contribution in [2.45, 2.75) is 38.6 Å². The summed E-state index contributed by atoms with van der Waals surface area (Å²) in [4.78, 5) is 2.44. The van der Waals surface area contributed by atoms with Crippen LogP contribution in [-0.4, -0.2) is 37.1 Å². The largest absolute Gasteiger partial charge is 0.313 e. The maximum Gasteiger partial charge on any atom is 0.0635 e. The summed E-state index contributed by atoms with van der Waals surface area (Å²) in [5.74, 6) is 1.53. The summed E-state index contributed by atoms with van der Waals surface area (Å²) in [7, 11) is 0. The van der Waals surface area contributed by atoms with Crippen LogP contribution in [0.1, 0.15) is 38.2 Å². The van der Waals surface area contributed by atoms with Crippen molar-refractivity contribution in [1.82, 2.24) is 10.2 Å². The summed E-state index contributed by atoms with van der Waals surface area (Å²) >= 11 is 0. The number of benzene rings is 1. The summed E-state index contributed by atoms with van der Waals surface area (Å²) in [5.41, 5.74) is 2.82. The van der Waals surface area contributed by atoms with Gasteiger partial charge < -0.3 is 10.2 Å². The zero-order valence-electron chi connectivity index (χ0n) is 14.7. The lowest BCUT2D eigenvalue weighted by Gasteiger charge is -2.31. The Bertz CT molecular complexity index is 579. The van der Waals surface area contributed by atoms with E-state index in [0.29, 0.717) is 12.5 Å². The lowest BCUT2D eigenvalue weighted by Crippen LogP contribution is -2.38. The number of rotatable bonds is 7. The predicted octanol–water partition coefficient (Wildman–Crippen LogP) is 3.69. The molecule has 0 radical (unpaired) electrons. The summed E-state index contributed by atoms with van der Waals surface area (Å²) in [5, 5.41) is 12.5. The molecule has 0 spiro atoms. The average Bonchev–Trinajstić information content (AvgIpc) is 3.40. The first kappa shape index (κ1) is 17.2. The molecule has 1 unspecified atom stereocenters. The highest BCUT2D eigenvalue weighted by molar-refractivity contribution is 5.53. The van der Waals surface area contributed by atoms with Crippen LogP contribution in [0.2, 0.25) is 0 Å². The quantitative estimate of drug-likeness (QED) is 0.832. The minimum Gasteiger partial charge on any atom is -0.313 e. The molecule has 2 fully saturated rings. The smallest absolute Gasteiger partial charge is 0.0635 e. The molecule has 1 N–H and O–H groups in total. The van der Waals surface area contributed by atoms with E-state index in [2.05, 4.69) is 59.6 Å². The van der Waals surface area contributed by atoms with Gasteiger partial charge in [0.25, 0.3) is 0 Å². The van der Waals surface area contributed by atoms with E-state index < -0.39 is 0 Å². The fourth-order valence-corrected chi connectivity index (χ4v) is 3.78. The van der Waals surface area contributed by atoms with E-state index in [4.69, 9.17) is 5.26 Å². The number of hydrogen-bond donors (Lipinski definition) is 1. The van der Waals surface area contributed by atoms with E-state index in [1.807, 2.05) is 0 Å². The van der Waals surface area contributed by atoms with Crippen molar-refractivity contribution in [2.24, 2.45) is 11.8 Å². The predicted molar refractivity (Wildman–Crippen MR) is 99.4 cm³/mol. The second kappa shape index (κ2) is 8.46. The number of nitrogens with zero attached hydrogens (tertiary/aromatic N) is 2. The molecule has 1 aliphatic carbocycles. The van der Waals surface area contributed by atoms with Gasteiger partial charge in [-0.25, -0.2) is 0 Å². The van der Waals surface area contributed by atoms with Gasteiger partial charge >= 0.3 is 0 Å². The van der Waals surface area contributed by atoms with Crippen molar-refractivity contribution in [3.05, 3.63) is 41.5 Å². The van der Waals surface area contributed by atoms with Crippen molar-refractivity contribution in [3.8, 4) is 6.07 Å². The van der Waals surface area contributed by atoms with E-state index >= 15 is 0 Å². The second-order valence-electron chi connectivity index (χ2n) is 7.35. The number of nitrogens with one attached hydrogen (secondary N) is 1. The third kappa shape index (κ3) is 4.93. The molecule has 2 atom stereocenters. The Labute approximate surface area is 146 Å². The number of nitriles is 1. The molecule has 1 heterocycles. The summed E-state index contributed by atoms with van der Waals surface area (Å²) in [6, 6.07) is 13.6. The van der Waals surface area contributed by atoms with Crippen LogP contribution < -0.4 is 5.32 Å². The third-order valence-corrected chi connectivity index (χ3v) is 5.48. The van der Waals surface area contributed by atoms with Gasteiger partial charge in [0.05, 0.1) is 6.07 Å². The van der Waals surface area contributed by atoms with Crippen LogP contribution in [0.3, 0.4) is 0 Å². The maximum absolute atomic E-state index is 8.67. The number of hydrogen-bond acceptors (Lipinski definition) is 3. The highest BCUT2D eigenvalue weighted by Crippen LogP contribution is 2.38. The fourth-order valence-electron chi connectivity index (χ4n) is 3.78. The Morgan fingerprint density at radius 2 is 2.04 bits per heavy atom. The zero-order valence-corrected chi connectivity index (χ0v) is 14.7. The molecule has 1 aliphatic heterocycles. The third-order valence-electron chi connectivity index (χ3n) is 5.48. The van der Waals surface area contributed by atoms with E-state index in [-0.39, 0.29) is 0 Å². The topological polar surface area (TPSA) is 39.1 Å². The minimum atomic E-state index is 0.666.